The number of benzene rings is 1. The van der Waals surface area contributed by atoms with Crippen LogP contribution in [0.5, 0.6) is 0 Å². The number of hydrogen-bond acceptors (Lipinski definition) is 4. The highest BCUT2D eigenvalue weighted by Gasteiger charge is 2.29. The first-order chi connectivity index (χ1) is 9.20. The lowest BCUT2D eigenvalue weighted by atomic mass is 9.91. The van der Waals surface area contributed by atoms with E-state index in [9.17, 15) is 0 Å². The van der Waals surface area contributed by atoms with E-state index in [1.807, 2.05) is 24.3 Å². The lowest BCUT2D eigenvalue weighted by Gasteiger charge is -2.33. The molecule has 0 saturated heterocycles. The Kier molecular flexibility index (Phi) is 5.25. The zero-order chi connectivity index (χ0) is 13.7. The van der Waals surface area contributed by atoms with Crippen LogP contribution in [0.2, 0.25) is 0 Å². The Labute approximate surface area is 115 Å². The third-order valence-electron chi connectivity index (χ3n) is 3.61. The van der Waals surface area contributed by atoms with Crippen LogP contribution in [0.4, 0.5) is 5.69 Å². The fraction of sp³-hybridized carbons (Fsp3) is 0.571. The van der Waals surface area contributed by atoms with Crippen LogP contribution in [0.3, 0.4) is 0 Å². The van der Waals surface area contributed by atoms with Crippen molar-refractivity contribution in [2.24, 2.45) is 0 Å². The highest BCUT2D eigenvalue weighted by atomic mass is 16.6. The van der Waals surface area contributed by atoms with Gasteiger partial charge in [-0.2, -0.15) is 0 Å². The van der Waals surface area contributed by atoms with Crippen molar-refractivity contribution in [3.05, 3.63) is 29.8 Å². The molecule has 2 atom stereocenters. The summed E-state index contributed by atoms with van der Waals surface area (Å²) in [5.41, 5.74) is 2.04. The quantitative estimate of drug-likeness (QED) is 0.545. The molecule has 19 heavy (non-hydrogen) atoms. The molecule has 0 saturated carbocycles. The summed E-state index contributed by atoms with van der Waals surface area (Å²) < 4.78 is 5.23. The van der Waals surface area contributed by atoms with Gasteiger partial charge in [0.05, 0.1) is 6.10 Å². The third-order valence-corrected chi connectivity index (χ3v) is 3.61. The van der Waals surface area contributed by atoms with Gasteiger partial charge in [-0.05, 0) is 18.9 Å². The Morgan fingerprint density at radius 2 is 2.11 bits per heavy atom. The molecule has 0 aliphatic carbocycles. The van der Waals surface area contributed by atoms with E-state index in [4.69, 9.17) is 14.7 Å². The molecule has 1 aliphatic heterocycles. The van der Waals surface area contributed by atoms with Crippen LogP contribution in [-0.2, 0) is 4.65 Å². The predicted octanol–water partition coefficient (Wildman–Crippen LogP) is 2.48. The highest BCUT2D eigenvalue weighted by Crippen LogP contribution is 2.36. The molecule has 0 fully saturated rings. The van der Waals surface area contributed by atoms with Gasteiger partial charge in [-0.25, -0.2) is 0 Å². The van der Waals surface area contributed by atoms with Crippen LogP contribution in [0.1, 0.15) is 50.7 Å². The van der Waals surface area contributed by atoms with Crippen molar-refractivity contribution < 1.29 is 14.7 Å². The topological polar surface area (TPSA) is 61.7 Å². The summed E-state index contributed by atoms with van der Waals surface area (Å²) in [5.74, 6) is 0. The number of nitrogens with one attached hydrogen (secondary N) is 1. The summed E-state index contributed by atoms with van der Waals surface area (Å²) >= 11 is 0. The van der Waals surface area contributed by atoms with E-state index in [0.29, 0.717) is 6.04 Å². The maximum Gasteiger partial charge on any atom is 0.634 e. The zero-order valence-electron chi connectivity index (χ0n) is 11.4. The molecule has 5 heteroatoms. The molecule has 2 rings (SSSR count). The molecule has 0 aromatic heterocycles. The monoisotopic (exact) mass is 263 g/mol. The van der Waals surface area contributed by atoms with Gasteiger partial charge in [0.1, 0.15) is 0 Å². The molecule has 0 radical (unpaired) electrons. The Morgan fingerprint density at radius 3 is 2.84 bits per heavy atom. The van der Waals surface area contributed by atoms with Gasteiger partial charge in [-0.3, -0.25) is 0 Å². The van der Waals surface area contributed by atoms with Crippen LogP contribution in [0, 0.1) is 0 Å². The average Bonchev–Trinajstić information content (AvgIpc) is 2.38. The van der Waals surface area contributed by atoms with Gasteiger partial charge in [0.2, 0.25) is 0 Å². The van der Waals surface area contributed by atoms with Crippen LogP contribution >= 0.6 is 0 Å². The van der Waals surface area contributed by atoms with E-state index in [2.05, 4.69) is 12.2 Å². The largest absolute Gasteiger partial charge is 0.634 e. The maximum atomic E-state index is 9.04. The summed E-state index contributed by atoms with van der Waals surface area (Å²) in [7, 11) is -1.72. The maximum absolute atomic E-state index is 9.04. The minimum Gasteiger partial charge on any atom is -0.402 e. The van der Waals surface area contributed by atoms with E-state index in [1.165, 1.54) is 19.3 Å². The Morgan fingerprint density at radius 1 is 1.32 bits per heavy atom. The van der Waals surface area contributed by atoms with Gasteiger partial charge in [-0.15, -0.1) is 0 Å². The molecule has 4 nitrogen and oxygen atoms in total. The van der Waals surface area contributed by atoms with Crippen molar-refractivity contribution in [1.29, 1.82) is 0 Å². The number of anilines is 1. The third kappa shape index (κ3) is 3.96. The van der Waals surface area contributed by atoms with E-state index in [1.54, 1.807) is 0 Å². The van der Waals surface area contributed by atoms with Gasteiger partial charge < -0.3 is 20.0 Å². The van der Waals surface area contributed by atoms with Gasteiger partial charge >= 0.3 is 7.32 Å². The van der Waals surface area contributed by atoms with Crippen LogP contribution in [-0.4, -0.2) is 23.4 Å². The zero-order valence-corrected chi connectivity index (χ0v) is 11.4. The fourth-order valence-electron chi connectivity index (χ4n) is 2.68. The standard InChI is InChI=1S/C14H22BNO3/c1-2-3-4-7-11-10-14(19-15(17)18)12-8-5-6-9-13(12)16-11/h5-6,8-9,11,14,16-18H,2-4,7,10H2,1H3. The van der Waals surface area contributed by atoms with Crippen LogP contribution < -0.4 is 5.32 Å². The van der Waals surface area contributed by atoms with E-state index >= 15 is 0 Å². The Hall–Kier alpha value is -1.04. The SMILES string of the molecule is CCCCCC1CC(OB(O)O)c2ccccc2N1. The molecular weight excluding hydrogens is 241 g/mol. The summed E-state index contributed by atoms with van der Waals surface area (Å²) in [4.78, 5) is 0. The van der Waals surface area contributed by atoms with Crippen molar-refractivity contribution in [1.82, 2.24) is 0 Å². The lowest BCUT2D eigenvalue weighted by molar-refractivity contribution is 0.104. The first kappa shape index (κ1) is 14.4. The molecule has 2 unspecified atom stereocenters. The first-order valence-electron chi connectivity index (χ1n) is 7.07. The molecule has 104 valence electrons. The molecular formula is C14H22BNO3. The number of fused-ring (bicyclic) bond motifs is 1. The Bertz CT molecular complexity index is 400. The molecule has 1 aliphatic rings. The summed E-state index contributed by atoms with van der Waals surface area (Å²) in [6, 6.07) is 8.24. The number of hydrogen-bond donors (Lipinski definition) is 3. The molecule has 0 bridgehead atoms. The smallest absolute Gasteiger partial charge is 0.402 e. The van der Waals surface area contributed by atoms with Gasteiger partial charge in [0.15, 0.2) is 0 Å². The molecule has 1 heterocycles. The van der Waals surface area contributed by atoms with E-state index < -0.39 is 7.32 Å². The predicted molar refractivity (Wildman–Crippen MR) is 76.6 cm³/mol. The van der Waals surface area contributed by atoms with Gasteiger partial charge in [0.25, 0.3) is 0 Å². The minimum absolute atomic E-state index is 0.246. The number of para-hydroxylation sites is 1. The van der Waals surface area contributed by atoms with Crippen molar-refractivity contribution in [2.75, 3.05) is 5.32 Å². The molecule has 1 aromatic carbocycles. The fourth-order valence-corrected chi connectivity index (χ4v) is 2.68. The van der Waals surface area contributed by atoms with Crippen LogP contribution in [0.25, 0.3) is 0 Å². The van der Waals surface area contributed by atoms with Crippen molar-refractivity contribution in [2.45, 2.75) is 51.2 Å². The van der Waals surface area contributed by atoms with Crippen molar-refractivity contribution in [3.63, 3.8) is 0 Å². The van der Waals surface area contributed by atoms with E-state index in [0.717, 1.165) is 24.1 Å². The molecule has 3 N–H and O–H groups in total. The lowest BCUT2D eigenvalue weighted by Crippen LogP contribution is -2.32. The summed E-state index contributed by atoms with van der Waals surface area (Å²) in [6.07, 6.45) is 5.24. The second-order valence-corrected chi connectivity index (χ2v) is 5.11. The summed E-state index contributed by atoms with van der Waals surface area (Å²) in [5, 5.41) is 21.6. The van der Waals surface area contributed by atoms with E-state index in [-0.39, 0.29) is 6.10 Å². The molecule has 0 spiro atoms. The van der Waals surface area contributed by atoms with Gasteiger partial charge in [-0.1, -0.05) is 44.4 Å². The normalized spacial score (nSPS) is 21.6. The number of rotatable bonds is 6. The molecule has 0 amide bonds. The van der Waals surface area contributed by atoms with Gasteiger partial charge in [0, 0.05) is 17.3 Å². The Balaban J connectivity index is 2.05. The second kappa shape index (κ2) is 6.94. The van der Waals surface area contributed by atoms with Crippen molar-refractivity contribution in [3.8, 4) is 0 Å². The average molecular weight is 263 g/mol. The first-order valence-corrected chi connectivity index (χ1v) is 7.07. The summed E-state index contributed by atoms with van der Waals surface area (Å²) in [6.45, 7) is 2.19. The molecule has 1 aromatic rings. The van der Waals surface area contributed by atoms with Crippen molar-refractivity contribution >= 4 is 13.0 Å². The highest BCUT2D eigenvalue weighted by molar-refractivity contribution is 6.32. The van der Waals surface area contributed by atoms with Crippen LogP contribution in [0.15, 0.2) is 24.3 Å². The number of unbranched alkanes of at least 4 members (excludes halogenated alkanes) is 2. The minimum atomic E-state index is -1.72. The second-order valence-electron chi connectivity index (χ2n) is 5.11.